The first-order valence-corrected chi connectivity index (χ1v) is 7.49. The van der Waals surface area contributed by atoms with E-state index in [1.165, 1.54) is 25.7 Å². The molecule has 1 aliphatic carbocycles. The van der Waals surface area contributed by atoms with Crippen molar-refractivity contribution >= 4 is 5.97 Å². The molecule has 110 valence electrons. The quantitative estimate of drug-likeness (QED) is 0.861. The Morgan fingerprint density at radius 3 is 2.65 bits per heavy atom. The Labute approximate surface area is 121 Å². The minimum atomic E-state index is -0.867. The normalized spacial score (nSPS) is 21.6. The molecule has 0 aromatic heterocycles. The maximum atomic E-state index is 10.8. The van der Waals surface area contributed by atoms with Gasteiger partial charge in [0.25, 0.3) is 0 Å². The number of rotatable bonds is 5. The molecule has 1 unspecified atom stereocenters. The summed E-state index contributed by atoms with van der Waals surface area (Å²) in [6.45, 7) is 6.61. The Bertz CT molecular complexity index is 451. The van der Waals surface area contributed by atoms with Crippen LogP contribution in [0, 0.1) is 11.3 Å². The second kappa shape index (κ2) is 6.40. The lowest BCUT2D eigenvalue weighted by molar-refractivity contribution is 0.0697. The van der Waals surface area contributed by atoms with E-state index in [0.29, 0.717) is 11.0 Å². The molecule has 0 saturated heterocycles. The number of aromatic carboxylic acids is 1. The molecule has 1 aromatic rings. The fraction of sp³-hybridized carbons (Fsp3) is 0.588. The molecule has 1 atom stereocenters. The summed E-state index contributed by atoms with van der Waals surface area (Å²) in [7, 11) is 0. The number of hydrogen-bond donors (Lipinski definition) is 2. The van der Waals surface area contributed by atoms with E-state index in [4.69, 9.17) is 5.11 Å². The summed E-state index contributed by atoms with van der Waals surface area (Å²) < 4.78 is 0. The van der Waals surface area contributed by atoms with Crippen LogP contribution in [0.4, 0.5) is 0 Å². The van der Waals surface area contributed by atoms with Gasteiger partial charge in [-0.3, -0.25) is 0 Å². The van der Waals surface area contributed by atoms with E-state index >= 15 is 0 Å². The van der Waals surface area contributed by atoms with Gasteiger partial charge < -0.3 is 10.4 Å². The van der Waals surface area contributed by atoms with Crippen LogP contribution in [-0.2, 0) is 6.54 Å². The molecule has 0 aliphatic heterocycles. The number of carbonyl (C=O) groups is 1. The van der Waals surface area contributed by atoms with Crippen molar-refractivity contribution in [2.24, 2.45) is 11.3 Å². The molecule has 20 heavy (non-hydrogen) atoms. The van der Waals surface area contributed by atoms with Gasteiger partial charge in [0.2, 0.25) is 0 Å². The third kappa shape index (κ3) is 4.34. The molecule has 0 radical (unpaired) electrons. The zero-order valence-corrected chi connectivity index (χ0v) is 12.5. The third-order valence-corrected chi connectivity index (χ3v) is 4.27. The molecule has 0 bridgehead atoms. The summed E-state index contributed by atoms with van der Waals surface area (Å²) in [5.74, 6) is -0.0917. The maximum absolute atomic E-state index is 10.8. The Kier molecular flexibility index (Phi) is 4.81. The fourth-order valence-corrected chi connectivity index (χ4v) is 3.21. The fourth-order valence-electron chi connectivity index (χ4n) is 3.21. The highest BCUT2D eigenvalue weighted by molar-refractivity contribution is 5.87. The molecule has 3 heteroatoms. The van der Waals surface area contributed by atoms with Gasteiger partial charge in [-0.1, -0.05) is 32.4 Å². The van der Waals surface area contributed by atoms with E-state index in [1.54, 1.807) is 12.1 Å². The molecular weight excluding hydrogens is 250 g/mol. The van der Waals surface area contributed by atoms with Crippen LogP contribution in [-0.4, -0.2) is 17.6 Å². The van der Waals surface area contributed by atoms with Gasteiger partial charge >= 0.3 is 5.97 Å². The molecule has 2 N–H and O–H groups in total. The molecular formula is C17H25NO2. The Morgan fingerprint density at radius 1 is 1.35 bits per heavy atom. The number of nitrogens with one attached hydrogen (secondary N) is 1. The van der Waals surface area contributed by atoms with Crippen LogP contribution in [0.2, 0.25) is 0 Å². The van der Waals surface area contributed by atoms with Crippen molar-refractivity contribution in [3.05, 3.63) is 35.4 Å². The summed E-state index contributed by atoms with van der Waals surface area (Å²) in [5.41, 5.74) is 1.99. The van der Waals surface area contributed by atoms with E-state index in [1.807, 2.05) is 12.1 Å². The van der Waals surface area contributed by atoms with Crippen molar-refractivity contribution in [2.45, 2.75) is 46.1 Å². The van der Waals surface area contributed by atoms with Crippen molar-refractivity contribution in [1.82, 2.24) is 5.32 Å². The maximum Gasteiger partial charge on any atom is 0.335 e. The van der Waals surface area contributed by atoms with E-state index < -0.39 is 5.97 Å². The monoisotopic (exact) mass is 275 g/mol. The second-order valence-electron chi connectivity index (χ2n) is 6.76. The molecule has 1 fully saturated rings. The summed E-state index contributed by atoms with van der Waals surface area (Å²) in [4.78, 5) is 10.8. The largest absolute Gasteiger partial charge is 0.478 e. The first-order valence-electron chi connectivity index (χ1n) is 7.49. The zero-order valence-electron chi connectivity index (χ0n) is 12.5. The van der Waals surface area contributed by atoms with E-state index in [9.17, 15) is 4.79 Å². The number of hydrogen-bond acceptors (Lipinski definition) is 2. The molecule has 1 saturated carbocycles. The van der Waals surface area contributed by atoms with Crippen LogP contribution in [0.15, 0.2) is 24.3 Å². The smallest absolute Gasteiger partial charge is 0.335 e. The van der Waals surface area contributed by atoms with Crippen molar-refractivity contribution in [2.75, 3.05) is 6.54 Å². The molecule has 1 aromatic carbocycles. The average Bonchev–Trinajstić information content (AvgIpc) is 2.38. The predicted octanol–water partition coefficient (Wildman–Crippen LogP) is 3.69. The summed E-state index contributed by atoms with van der Waals surface area (Å²) in [5, 5.41) is 12.4. The lowest BCUT2D eigenvalue weighted by atomic mass is 9.72. The average molecular weight is 275 g/mol. The Balaban J connectivity index is 1.76. The molecule has 0 spiro atoms. The van der Waals surface area contributed by atoms with Gasteiger partial charge in [0.15, 0.2) is 0 Å². The molecule has 0 amide bonds. The Morgan fingerprint density at radius 2 is 2.05 bits per heavy atom. The van der Waals surface area contributed by atoms with Crippen LogP contribution in [0.5, 0.6) is 0 Å². The first kappa shape index (κ1) is 15.0. The van der Waals surface area contributed by atoms with E-state index in [2.05, 4.69) is 19.2 Å². The van der Waals surface area contributed by atoms with Crippen molar-refractivity contribution in [3.8, 4) is 0 Å². The van der Waals surface area contributed by atoms with E-state index in [-0.39, 0.29) is 0 Å². The molecule has 1 aliphatic rings. The lowest BCUT2D eigenvalue weighted by Gasteiger charge is -2.35. The number of benzene rings is 1. The standard InChI is InChI=1S/C17H25NO2/c1-17(2)9-3-4-14(10-17)12-18-11-13-5-7-15(8-6-13)16(19)20/h5-8,14,18H,3-4,9-12H2,1-2H3,(H,19,20). The van der Waals surface area contributed by atoms with Gasteiger partial charge in [-0.05, 0) is 54.8 Å². The summed E-state index contributed by atoms with van der Waals surface area (Å²) in [6.07, 6.45) is 5.32. The summed E-state index contributed by atoms with van der Waals surface area (Å²) >= 11 is 0. The van der Waals surface area contributed by atoms with Crippen LogP contribution in [0.25, 0.3) is 0 Å². The van der Waals surface area contributed by atoms with Crippen molar-refractivity contribution < 1.29 is 9.90 Å². The lowest BCUT2D eigenvalue weighted by Crippen LogP contribution is -2.30. The third-order valence-electron chi connectivity index (χ3n) is 4.27. The van der Waals surface area contributed by atoms with Gasteiger partial charge in [0, 0.05) is 6.54 Å². The van der Waals surface area contributed by atoms with Crippen LogP contribution in [0.3, 0.4) is 0 Å². The molecule has 3 nitrogen and oxygen atoms in total. The van der Waals surface area contributed by atoms with E-state index in [0.717, 1.165) is 24.6 Å². The zero-order chi connectivity index (χ0) is 14.6. The Hall–Kier alpha value is -1.35. The van der Waals surface area contributed by atoms with Gasteiger partial charge in [-0.2, -0.15) is 0 Å². The SMILES string of the molecule is CC1(C)CCCC(CNCc2ccc(C(=O)O)cc2)C1. The highest BCUT2D eigenvalue weighted by Gasteiger charge is 2.27. The first-order chi connectivity index (χ1) is 9.46. The van der Waals surface area contributed by atoms with Crippen molar-refractivity contribution in [3.63, 3.8) is 0 Å². The summed E-state index contributed by atoms with van der Waals surface area (Å²) in [6, 6.07) is 7.12. The topological polar surface area (TPSA) is 49.3 Å². The molecule has 2 rings (SSSR count). The second-order valence-corrected chi connectivity index (χ2v) is 6.76. The number of carboxylic acid groups (broad SMARTS) is 1. The minimum absolute atomic E-state index is 0.350. The van der Waals surface area contributed by atoms with Crippen LogP contribution < -0.4 is 5.32 Å². The van der Waals surface area contributed by atoms with Gasteiger partial charge in [0.1, 0.15) is 0 Å². The predicted molar refractivity (Wildman–Crippen MR) is 80.8 cm³/mol. The van der Waals surface area contributed by atoms with Crippen LogP contribution >= 0.6 is 0 Å². The van der Waals surface area contributed by atoms with Crippen molar-refractivity contribution in [1.29, 1.82) is 0 Å². The number of carboxylic acids is 1. The van der Waals surface area contributed by atoms with Crippen LogP contribution in [0.1, 0.15) is 55.5 Å². The highest BCUT2D eigenvalue weighted by Crippen LogP contribution is 2.38. The van der Waals surface area contributed by atoms with Gasteiger partial charge in [0.05, 0.1) is 5.56 Å². The molecule has 0 heterocycles. The van der Waals surface area contributed by atoms with Gasteiger partial charge in [-0.25, -0.2) is 4.79 Å². The minimum Gasteiger partial charge on any atom is -0.478 e. The van der Waals surface area contributed by atoms with Gasteiger partial charge in [-0.15, -0.1) is 0 Å². The highest BCUT2D eigenvalue weighted by atomic mass is 16.4.